The maximum Gasteiger partial charge on any atom is 0.186 e. The summed E-state index contributed by atoms with van der Waals surface area (Å²) < 4.78 is 0. The summed E-state index contributed by atoms with van der Waals surface area (Å²) in [4.78, 5) is 0. The second-order valence-corrected chi connectivity index (χ2v) is 4.31. The molecule has 0 spiro atoms. The fourth-order valence-corrected chi connectivity index (χ4v) is 0. The highest BCUT2D eigenvalue weighted by Crippen LogP contribution is 1.64. The lowest BCUT2D eigenvalue weighted by molar-refractivity contribution is 1.93. The number of hydrogen-bond acceptors (Lipinski definition) is 1. The standard InChI is InChI=1S/C2H9BNSi/c1-5(2)3-4/h5H,4H2,1-2H3. The molecule has 0 aromatic heterocycles. The van der Waals surface area contributed by atoms with E-state index in [0.29, 0.717) is 0 Å². The molecular weight excluding hydrogens is 76.9 g/mol. The van der Waals surface area contributed by atoms with Gasteiger partial charge in [0.05, 0.1) is 0 Å². The van der Waals surface area contributed by atoms with Gasteiger partial charge in [0.15, 0.2) is 7.01 Å². The van der Waals surface area contributed by atoms with Gasteiger partial charge < -0.3 is 5.64 Å². The lowest BCUT2D eigenvalue weighted by atomic mass is 10.5. The molecule has 0 fully saturated rings. The fraction of sp³-hybridized carbons (Fsp3) is 1.00. The monoisotopic (exact) mass is 86.1 g/mol. The van der Waals surface area contributed by atoms with E-state index in [1.807, 2.05) is 0 Å². The van der Waals surface area contributed by atoms with Crippen molar-refractivity contribution in [3.63, 3.8) is 0 Å². The SMILES string of the molecule is C[SiH](C)[B]N. The molecule has 0 atom stereocenters. The normalized spacial score (nSPS) is 8.80. The van der Waals surface area contributed by atoms with Crippen LogP contribution in [0, 0.1) is 0 Å². The summed E-state index contributed by atoms with van der Waals surface area (Å²) in [5.74, 6) is 0. The number of nitrogens with two attached hydrogens (primary N) is 1. The molecule has 29 valence electrons. The van der Waals surface area contributed by atoms with Gasteiger partial charge in [0.2, 0.25) is 0 Å². The molecule has 0 heterocycles. The van der Waals surface area contributed by atoms with Gasteiger partial charge in [0, 0.05) is 8.67 Å². The highest BCUT2D eigenvalue weighted by molar-refractivity contribution is 7.09. The fourth-order valence-electron chi connectivity index (χ4n) is 0. The molecule has 0 saturated heterocycles. The Morgan fingerprint density at radius 1 is 1.60 bits per heavy atom. The van der Waals surface area contributed by atoms with Crippen LogP contribution in [0.25, 0.3) is 0 Å². The van der Waals surface area contributed by atoms with Crippen molar-refractivity contribution >= 4 is 15.7 Å². The van der Waals surface area contributed by atoms with Gasteiger partial charge in [0.25, 0.3) is 0 Å². The summed E-state index contributed by atoms with van der Waals surface area (Å²) in [5.41, 5.74) is 5.11. The quantitative estimate of drug-likeness (QED) is 0.429. The molecule has 1 nitrogen and oxygen atoms in total. The van der Waals surface area contributed by atoms with Crippen LogP contribution in [-0.4, -0.2) is 15.7 Å². The molecule has 0 aliphatic heterocycles. The largest absolute Gasteiger partial charge is 0.377 e. The Bertz CT molecular complexity index is 23.6. The molecule has 0 aromatic carbocycles. The molecule has 2 N–H and O–H groups in total. The zero-order valence-electron chi connectivity index (χ0n) is 3.73. The molecule has 5 heavy (non-hydrogen) atoms. The van der Waals surface area contributed by atoms with Gasteiger partial charge in [-0.3, -0.25) is 0 Å². The minimum Gasteiger partial charge on any atom is -0.377 e. The average Bonchev–Trinajstić information content (AvgIpc) is 1.38. The number of hydrogen-bond donors (Lipinski definition) is 1. The molecule has 3 heteroatoms. The highest BCUT2D eigenvalue weighted by atomic mass is 28.3. The smallest absolute Gasteiger partial charge is 0.186 e. The van der Waals surface area contributed by atoms with Gasteiger partial charge in [-0.05, 0) is 0 Å². The van der Waals surface area contributed by atoms with Crippen LogP contribution in [0.15, 0.2) is 0 Å². The second-order valence-electron chi connectivity index (χ2n) is 1.44. The second kappa shape index (κ2) is 2.48. The molecule has 0 unspecified atom stereocenters. The van der Waals surface area contributed by atoms with E-state index in [4.69, 9.17) is 5.64 Å². The van der Waals surface area contributed by atoms with E-state index in [1.54, 1.807) is 7.01 Å². The van der Waals surface area contributed by atoms with Gasteiger partial charge in [-0.15, -0.1) is 0 Å². The van der Waals surface area contributed by atoms with Crippen molar-refractivity contribution in [3.05, 3.63) is 0 Å². The van der Waals surface area contributed by atoms with Crippen molar-refractivity contribution in [1.29, 1.82) is 0 Å². The van der Waals surface area contributed by atoms with Gasteiger partial charge in [-0.25, -0.2) is 0 Å². The van der Waals surface area contributed by atoms with Crippen LogP contribution >= 0.6 is 0 Å². The Labute approximate surface area is 35.4 Å². The van der Waals surface area contributed by atoms with E-state index in [0.717, 1.165) is 0 Å². The van der Waals surface area contributed by atoms with Crippen molar-refractivity contribution < 1.29 is 0 Å². The lowest BCUT2D eigenvalue weighted by Crippen LogP contribution is -2.21. The highest BCUT2D eigenvalue weighted by Gasteiger charge is 1.86. The summed E-state index contributed by atoms with van der Waals surface area (Å²) >= 11 is 0. The first-order chi connectivity index (χ1) is 2.27. The van der Waals surface area contributed by atoms with Crippen molar-refractivity contribution in [2.75, 3.05) is 0 Å². The van der Waals surface area contributed by atoms with Crippen molar-refractivity contribution in [2.45, 2.75) is 13.1 Å². The third-order valence-corrected chi connectivity index (χ3v) is 1.15. The van der Waals surface area contributed by atoms with Crippen LogP contribution in [0.1, 0.15) is 0 Å². The molecule has 0 bridgehead atoms. The Balaban J connectivity index is 2.54. The van der Waals surface area contributed by atoms with E-state index in [1.165, 1.54) is 0 Å². The molecule has 0 aliphatic rings. The Hall–Kier alpha value is 0.242. The molecular formula is C2H9BNSi. The van der Waals surface area contributed by atoms with Crippen LogP contribution < -0.4 is 5.64 Å². The van der Waals surface area contributed by atoms with Crippen molar-refractivity contribution in [3.8, 4) is 0 Å². The zero-order chi connectivity index (χ0) is 4.28. The van der Waals surface area contributed by atoms with Crippen LogP contribution in [0.2, 0.25) is 13.1 Å². The van der Waals surface area contributed by atoms with Gasteiger partial charge in [0.1, 0.15) is 0 Å². The van der Waals surface area contributed by atoms with Gasteiger partial charge >= 0.3 is 0 Å². The maximum atomic E-state index is 5.11. The average molecular weight is 86.0 g/mol. The first-order valence-electron chi connectivity index (χ1n) is 1.82. The summed E-state index contributed by atoms with van der Waals surface area (Å²) in [6.07, 6.45) is 0. The van der Waals surface area contributed by atoms with Crippen LogP contribution in [0.5, 0.6) is 0 Å². The molecule has 0 amide bonds. The molecule has 0 saturated carbocycles. The molecule has 0 rings (SSSR count). The van der Waals surface area contributed by atoms with E-state index in [9.17, 15) is 0 Å². The predicted molar refractivity (Wildman–Crippen MR) is 28.8 cm³/mol. The minimum atomic E-state index is -0.497. The Morgan fingerprint density at radius 3 is 1.80 bits per heavy atom. The minimum absolute atomic E-state index is 0.497. The number of rotatable bonds is 1. The lowest BCUT2D eigenvalue weighted by Gasteiger charge is -1.85. The summed E-state index contributed by atoms with van der Waals surface area (Å²) in [7, 11) is 1.31. The van der Waals surface area contributed by atoms with Gasteiger partial charge in [-0.1, -0.05) is 13.1 Å². The van der Waals surface area contributed by atoms with E-state index in [2.05, 4.69) is 13.1 Å². The third kappa shape index (κ3) is 4.24. The molecule has 0 aromatic rings. The Kier molecular flexibility index (Phi) is 2.60. The molecule has 0 aliphatic carbocycles. The van der Waals surface area contributed by atoms with Crippen LogP contribution in [0.4, 0.5) is 0 Å². The Morgan fingerprint density at radius 2 is 1.80 bits per heavy atom. The first kappa shape index (κ1) is 5.24. The summed E-state index contributed by atoms with van der Waals surface area (Å²) in [5, 5.41) is 0. The van der Waals surface area contributed by atoms with Crippen molar-refractivity contribution in [1.82, 2.24) is 0 Å². The molecule has 1 radical (unpaired) electrons. The van der Waals surface area contributed by atoms with E-state index in [-0.39, 0.29) is 0 Å². The topological polar surface area (TPSA) is 26.0 Å². The van der Waals surface area contributed by atoms with E-state index >= 15 is 0 Å². The van der Waals surface area contributed by atoms with Crippen molar-refractivity contribution in [2.24, 2.45) is 5.64 Å². The van der Waals surface area contributed by atoms with Crippen LogP contribution in [0.3, 0.4) is 0 Å². The third-order valence-electron chi connectivity index (χ3n) is 0.385. The maximum absolute atomic E-state index is 5.11. The van der Waals surface area contributed by atoms with Gasteiger partial charge in [-0.2, -0.15) is 0 Å². The predicted octanol–water partition coefficient (Wildman–Crippen LogP) is -0.452. The van der Waals surface area contributed by atoms with Crippen LogP contribution in [-0.2, 0) is 0 Å². The summed E-state index contributed by atoms with van der Waals surface area (Å²) in [6.45, 7) is 4.36. The van der Waals surface area contributed by atoms with E-state index < -0.39 is 8.67 Å². The first-order valence-corrected chi connectivity index (χ1v) is 4.80. The summed E-state index contributed by atoms with van der Waals surface area (Å²) in [6, 6.07) is 0. The zero-order valence-corrected chi connectivity index (χ0v) is 4.89.